The van der Waals surface area contributed by atoms with Gasteiger partial charge in [-0.3, -0.25) is 14.7 Å². The lowest BCUT2D eigenvalue weighted by molar-refractivity contribution is 0.0910. The molecule has 7 nitrogen and oxygen atoms in total. The normalized spacial score (nSPS) is 21.7. The minimum Gasteiger partial charge on any atom is -0.449 e. The highest BCUT2D eigenvalue weighted by Gasteiger charge is 2.32. The Balaban J connectivity index is 1.48. The van der Waals surface area contributed by atoms with Crippen LogP contribution >= 0.6 is 0 Å². The van der Waals surface area contributed by atoms with Crippen LogP contribution in [-0.2, 0) is 4.74 Å². The zero-order chi connectivity index (χ0) is 23.1. The molecule has 178 valence electrons. The van der Waals surface area contributed by atoms with Gasteiger partial charge in [0.15, 0.2) is 11.3 Å². The number of furan rings is 1. The number of pyridine rings is 1. The van der Waals surface area contributed by atoms with Gasteiger partial charge in [0.05, 0.1) is 19.0 Å². The molecule has 32 heavy (non-hydrogen) atoms. The molecule has 0 aromatic carbocycles. The van der Waals surface area contributed by atoms with Gasteiger partial charge in [0.1, 0.15) is 0 Å². The first-order valence-electron chi connectivity index (χ1n) is 12.0. The molecule has 1 aliphatic rings. The number of hydrogen-bond acceptors (Lipinski definition) is 6. The quantitative estimate of drug-likeness (QED) is 0.480. The fourth-order valence-corrected chi connectivity index (χ4v) is 4.79. The number of nitrogens with two attached hydrogens (primary N) is 1. The second kappa shape index (κ2) is 11.3. The molecule has 2 aromatic rings. The van der Waals surface area contributed by atoms with Crippen LogP contribution in [0, 0.1) is 17.3 Å². The molecule has 0 bridgehead atoms. The Hall–Kier alpha value is -1.96. The topological polar surface area (TPSA) is 93.6 Å². The predicted molar refractivity (Wildman–Crippen MR) is 127 cm³/mol. The van der Waals surface area contributed by atoms with Gasteiger partial charge in [0, 0.05) is 24.7 Å². The van der Waals surface area contributed by atoms with Gasteiger partial charge in [-0.25, -0.2) is 0 Å². The summed E-state index contributed by atoms with van der Waals surface area (Å²) in [6.07, 6.45) is 8.60. The van der Waals surface area contributed by atoms with Crippen molar-refractivity contribution in [3.8, 4) is 0 Å². The van der Waals surface area contributed by atoms with Crippen molar-refractivity contribution in [1.82, 2.24) is 15.2 Å². The SMILES string of the molecule is CCC(CCN(C)C(N)CC1(C)CCOC1)C(CC)CNC(=O)c1cc2ccncc2o1. The highest BCUT2D eigenvalue weighted by molar-refractivity contribution is 5.95. The second-order valence-corrected chi connectivity index (χ2v) is 9.72. The molecule has 3 rings (SSSR count). The van der Waals surface area contributed by atoms with Crippen molar-refractivity contribution in [3.63, 3.8) is 0 Å². The van der Waals surface area contributed by atoms with Crippen molar-refractivity contribution in [2.45, 2.75) is 59.0 Å². The largest absolute Gasteiger partial charge is 0.449 e. The lowest BCUT2D eigenvalue weighted by Gasteiger charge is -2.33. The standard InChI is InChI=1S/C25H40N4O3/c1-5-18(8-11-29(4)23(26)14-25(3)9-12-31-17-25)19(6-2)15-28-24(30)21-13-20-7-10-27-16-22(20)32-21/h7,10,13,16,18-19,23H,5-6,8-9,11-12,14-15,17,26H2,1-4H3,(H,28,30). The van der Waals surface area contributed by atoms with Crippen LogP contribution in [0.25, 0.3) is 11.0 Å². The number of hydrogen-bond donors (Lipinski definition) is 2. The monoisotopic (exact) mass is 444 g/mol. The van der Waals surface area contributed by atoms with Crippen LogP contribution in [0.2, 0.25) is 0 Å². The second-order valence-electron chi connectivity index (χ2n) is 9.72. The van der Waals surface area contributed by atoms with Gasteiger partial charge in [0.25, 0.3) is 5.91 Å². The number of rotatable bonds is 12. The first kappa shape index (κ1) is 24.7. The maximum Gasteiger partial charge on any atom is 0.287 e. The van der Waals surface area contributed by atoms with E-state index in [1.807, 2.05) is 6.07 Å². The molecular weight excluding hydrogens is 404 g/mol. The predicted octanol–water partition coefficient (Wildman–Crippen LogP) is 4.03. The molecule has 1 aliphatic heterocycles. The van der Waals surface area contributed by atoms with Gasteiger partial charge in [0.2, 0.25) is 0 Å². The molecule has 3 N–H and O–H groups in total. The number of ether oxygens (including phenoxy) is 1. The molecule has 0 spiro atoms. The fraction of sp³-hybridized carbons (Fsp3) is 0.680. The van der Waals surface area contributed by atoms with Crippen molar-refractivity contribution in [1.29, 1.82) is 0 Å². The fourth-order valence-electron chi connectivity index (χ4n) is 4.79. The third-order valence-electron chi connectivity index (χ3n) is 7.21. The third-order valence-corrected chi connectivity index (χ3v) is 7.21. The smallest absolute Gasteiger partial charge is 0.287 e. The van der Waals surface area contributed by atoms with Crippen LogP contribution in [0.3, 0.4) is 0 Å². The molecule has 4 atom stereocenters. The van der Waals surface area contributed by atoms with E-state index in [9.17, 15) is 4.79 Å². The number of aromatic nitrogens is 1. The summed E-state index contributed by atoms with van der Waals surface area (Å²) in [5.41, 5.74) is 7.34. The number of carbonyl (C=O) groups is 1. The van der Waals surface area contributed by atoms with Crippen LogP contribution in [0.4, 0.5) is 0 Å². The van der Waals surface area contributed by atoms with Crippen LogP contribution in [0.15, 0.2) is 28.9 Å². The summed E-state index contributed by atoms with van der Waals surface area (Å²) in [7, 11) is 2.12. The number of nitrogens with one attached hydrogen (secondary N) is 1. The van der Waals surface area contributed by atoms with E-state index in [-0.39, 0.29) is 17.5 Å². The maximum atomic E-state index is 12.6. The van der Waals surface area contributed by atoms with Gasteiger partial charge in [-0.15, -0.1) is 0 Å². The molecule has 4 unspecified atom stereocenters. The Morgan fingerprint density at radius 1 is 1.34 bits per heavy atom. The van der Waals surface area contributed by atoms with Crippen molar-refractivity contribution in [2.24, 2.45) is 23.0 Å². The molecule has 3 heterocycles. The third kappa shape index (κ3) is 6.30. The van der Waals surface area contributed by atoms with E-state index in [0.717, 1.165) is 57.2 Å². The first-order valence-corrected chi connectivity index (χ1v) is 12.0. The molecule has 2 aromatic heterocycles. The van der Waals surface area contributed by atoms with Gasteiger partial charge in [-0.2, -0.15) is 0 Å². The molecule has 0 saturated carbocycles. The summed E-state index contributed by atoms with van der Waals surface area (Å²) in [6, 6.07) is 3.62. The van der Waals surface area contributed by atoms with Crippen molar-refractivity contribution < 1.29 is 13.9 Å². The minimum absolute atomic E-state index is 0.0431. The zero-order valence-electron chi connectivity index (χ0n) is 20.1. The molecule has 0 radical (unpaired) electrons. The van der Waals surface area contributed by atoms with Gasteiger partial charge < -0.3 is 20.2 Å². The van der Waals surface area contributed by atoms with E-state index in [1.165, 1.54) is 0 Å². The van der Waals surface area contributed by atoms with Gasteiger partial charge in [-0.05, 0) is 62.2 Å². The first-order chi connectivity index (χ1) is 15.3. The number of fused-ring (bicyclic) bond motifs is 1. The van der Waals surface area contributed by atoms with E-state index in [4.69, 9.17) is 14.9 Å². The van der Waals surface area contributed by atoms with Crippen LogP contribution < -0.4 is 11.1 Å². The van der Waals surface area contributed by atoms with E-state index in [1.54, 1.807) is 18.5 Å². The Morgan fingerprint density at radius 3 is 2.78 bits per heavy atom. The summed E-state index contributed by atoms with van der Waals surface area (Å²) < 4.78 is 11.2. The van der Waals surface area contributed by atoms with Crippen LogP contribution in [-0.4, -0.2) is 55.3 Å². The summed E-state index contributed by atoms with van der Waals surface area (Å²) in [6.45, 7) is 9.97. The highest BCUT2D eigenvalue weighted by Crippen LogP contribution is 2.33. The van der Waals surface area contributed by atoms with Gasteiger partial charge >= 0.3 is 0 Å². The number of nitrogens with zero attached hydrogens (tertiary/aromatic N) is 2. The van der Waals surface area contributed by atoms with Crippen molar-refractivity contribution in [2.75, 3.05) is 33.4 Å². The molecule has 7 heteroatoms. The van der Waals surface area contributed by atoms with Crippen LogP contribution in [0.1, 0.15) is 63.4 Å². The maximum absolute atomic E-state index is 12.6. The van der Waals surface area contributed by atoms with E-state index < -0.39 is 0 Å². The molecule has 1 fully saturated rings. The Morgan fingerprint density at radius 2 is 2.12 bits per heavy atom. The summed E-state index contributed by atoms with van der Waals surface area (Å²) in [4.78, 5) is 19.0. The average Bonchev–Trinajstić information content (AvgIpc) is 3.41. The Labute approximate surface area is 192 Å². The zero-order valence-corrected chi connectivity index (χ0v) is 20.1. The molecule has 0 aliphatic carbocycles. The summed E-state index contributed by atoms with van der Waals surface area (Å²) in [5.74, 6) is 1.12. The number of carbonyl (C=O) groups excluding carboxylic acids is 1. The van der Waals surface area contributed by atoms with Crippen molar-refractivity contribution in [3.05, 3.63) is 30.3 Å². The lowest BCUT2D eigenvalue weighted by Crippen LogP contribution is -2.44. The van der Waals surface area contributed by atoms with E-state index >= 15 is 0 Å². The Bertz CT molecular complexity index is 829. The molecule has 1 amide bonds. The van der Waals surface area contributed by atoms with Crippen LogP contribution in [0.5, 0.6) is 0 Å². The average molecular weight is 445 g/mol. The highest BCUT2D eigenvalue weighted by atomic mass is 16.5. The number of amides is 1. The molecular formula is C25H40N4O3. The summed E-state index contributed by atoms with van der Waals surface area (Å²) in [5, 5.41) is 3.97. The van der Waals surface area contributed by atoms with E-state index in [0.29, 0.717) is 29.7 Å². The molecule has 1 saturated heterocycles. The summed E-state index contributed by atoms with van der Waals surface area (Å²) >= 11 is 0. The van der Waals surface area contributed by atoms with E-state index in [2.05, 4.69) is 43.0 Å². The minimum atomic E-state index is -0.166. The lowest BCUT2D eigenvalue weighted by atomic mass is 9.84. The van der Waals surface area contributed by atoms with Gasteiger partial charge in [-0.1, -0.05) is 33.6 Å². The van der Waals surface area contributed by atoms with Crippen molar-refractivity contribution >= 4 is 16.9 Å². The Kier molecular flexibility index (Phi) is 8.68.